The molecule has 0 aliphatic carbocycles. The lowest BCUT2D eigenvalue weighted by molar-refractivity contribution is 0.668. The molecule has 0 saturated carbocycles. The molecule has 15 rings (SSSR count). The first-order chi connectivity index (χ1) is 32.7. The van der Waals surface area contributed by atoms with Crippen molar-refractivity contribution in [2.45, 2.75) is 0 Å². The first-order valence-corrected chi connectivity index (χ1v) is 22.4. The maximum Gasteiger partial charge on any atom is 0.143 e. The number of furan rings is 4. The largest absolute Gasteiger partial charge is 0.456 e. The van der Waals surface area contributed by atoms with Gasteiger partial charge in [-0.15, -0.1) is 0 Å². The SMILES string of the molecule is c1ccc2c(c1)oc1cc(-c3ccc(-c4c5ccccc5c(-c5ccc(-c6ccc7c(c6)oc6ccccc67)c6c5oc5ccccc56)c5ccccc45)c4c3oc3ccccc34)ccc12. The lowest BCUT2D eigenvalue weighted by atomic mass is 9.83. The average molecular weight is 843 g/mol. The van der Waals surface area contributed by atoms with Gasteiger partial charge in [-0.3, -0.25) is 0 Å². The zero-order chi connectivity index (χ0) is 43.0. The fourth-order valence-corrected chi connectivity index (χ4v) is 11.0. The predicted octanol–water partition coefficient (Wildman–Crippen LogP) is 18.3. The van der Waals surface area contributed by atoms with Crippen molar-refractivity contribution in [3.8, 4) is 44.5 Å². The van der Waals surface area contributed by atoms with Crippen LogP contribution in [-0.4, -0.2) is 0 Å². The van der Waals surface area contributed by atoms with Crippen LogP contribution in [0.3, 0.4) is 0 Å². The predicted molar refractivity (Wildman–Crippen MR) is 272 cm³/mol. The minimum Gasteiger partial charge on any atom is -0.456 e. The van der Waals surface area contributed by atoms with Crippen LogP contribution in [0.4, 0.5) is 0 Å². The van der Waals surface area contributed by atoms with E-state index < -0.39 is 0 Å². The van der Waals surface area contributed by atoms with Crippen LogP contribution in [0, 0.1) is 0 Å². The molecular formula is C62H34O4. The fourth-order valence-electron chi connectivity index (χ4n) is 11.0. The average Bonchev–Trinajstić information content (AvgIpc) is 4.15. The summed E-state index contributed by atoms with van der Waals surface area (Å²) in [6.07, 6.45) is 0. The highest BCUT2D eigenvalue weighted by molar-refractivity contribution is 6.29. The molecule has 4 heterocycles. The minimum absolute atomic E-state index is 0.849. The second-order valence-electron chi connectivity index (χ2n) is 17.4. The van der Waals surface area contributed by atoms with Gasteiger partial charge in [0.1, 0.15) is 44.7 Å². The number of fused-ring (bicyclic) bond motifs is 14. The zero-order valence-corrected chi connectivity index (χ0v) is 35.3. The lowest BCUT2D eigenvalue weighted by Gasteiger charge is -2.19. The van der Waals surface area contributed by atoms with Gasteiger partial charge in [0.2, 0.25) is 0 Å². The Morgan fingerprint density at radius 2 is 0.545 bits per heavy atom. The second kappa shape index (κ2) is 13.3. The molecule has 0 N–H and O–H groups in total. The molecule has 0 spiro atoms. The molecule has 4 aromatic heterocycles. The third-order valence-electron chi connectivity index (χ3n) is 13.9. The molecule has 0 unspecified atom stereocenters. The number of rotatable bonds is 4. The van der Waals surface area contributed by atoms with E-state index in [2.05, 4.69) is 170 Å². The van der Waals surface area contributed by atoms with Crippen LogP contribution in [0.2, 0.25) is 0 Å². The summed E-state index contributed by atoms with van der Waals surface area (Å²) in [5.74, 6) is 0. The Kier molecular flexibility index (Phi) is 7.19. The van der Waals surface area contributed by atoms with E-state index in [1.165, 1.54) is 0 Å². The molecule has 11 aromatic carbocycles. The van der Waals surface area contributed by atoms with Gasteiger partial charge in [0.15, 0.2) is 0 Å². The maximum absolute atomic E-state index is 7.00. The van der Waals surface area contributed by atoms with E-state index in [-0.39, 0.29) is 0 Å². The highest BCUT2D eigenvalue weighted by Gasteiger charge is 2.25. The van der Waals surface area contributed by atoms with E-state index in [0.717, 1.165) is 154 Å². The third kappa shape index (κ3) is 4.93. The molecule has 306 valence electrons. The zero-order valence-electron chi connectivity index (χ0n) is 35.3. The van der Waals surface area contributed by atoms with Crippen LogP contribution < -0.4 is 0 Å². The Bertz CT molecular complexity index is 4480. The van der Waals surface area contributed by atoms with Crippen molar-refractivity contribution in [3.63, 3.8) is 0 Å². The summed E-state index contributed by atoms with van der Waals surface area (Å²) in [4.78, 5) is 0. The number of benzene rings is 11. The molecular weight excluding hydrogens is 809 g/mol. The second-order valence-corrected chi connectivity index (χ2v) is 17.4. The Hall–Kier alpha value is -8.86. The van der Waals surface area contributed by atoms with Gasteiger partial charge in [-0.1, -0.05) is 146 Å². The van der Waals surface area contributed by atoms with Crippen LogP contribution in [0.1, 0.15) is 0 Å². The van der Waals surface area contributed by atoms with E-state index >= 15 is 0 Å². The molecule has 66 heavy (non-hydrogen) atoms. The van der Waals surface area contributed by atoms with Gasteiger partial charge in [-0.25, -0.2) is 0 Å². The van der Waals surface area contributed by atoms with Crippen molar-refractivity contribution >= 4 is 109 Å². The molecule has 0 radical (unpaired) electrons. The van der Waals surface area contributed by atoms with E-state index in [1.54, 1.807) is 0 Å². The summed E-state index contributed by atoms with van der Waals surface area (Å²) < 4.78 is 26.7. The van der Waals surface area contributed by atoms with E-state index in [0.29, 0.717) is 0 Å². The van der Waals surface area contributed by atoms with Crippen LogP contribution in [0.5, 0.6) is 0 Å². The van der Waals surface area contributed by atoms with E-state index in [4.69, 9.17) is 17.7 Å². The summed E-state index contributed by atoms with van der Waals surface area (Å²) in [7, 11) is 0. The summed E-state index contributed by atoms with van der Waals surface area (Å²) >= 11 is 0. The molecule has 15 aromatic rings. The summed E-state index contributed by atoms with van der Waals surface area (Å²) in [6, 6.07) is 73.0. The van der Waals surface area contributed by atoms with Crippen molar-refractivity contribution in [1.29, 1.82) is 0 Å². The fraction of sp³-hybridized carbons (Fsp3) is 0. The van der Waals surface area contributed by atoms with Gasteiger partial charge in [0, 0.05) is 59.8 Å². The smallest absolute Gasteiger partial charge is 0.143 e. The summed E-state index contributed by atoms with van der Waals surface area (Å²) in [5.41, 5.74) is 15.6. The first-order valence-electron chi connectivity index (χ1n) is 22.4. The van der Waals surface area contributed by atoms with Crippen molar-refractivity contribution in [1.82, 2.24) is 0 Å². The van der Waals surface area contributed by atoms with E-state index in [1.807, 2.05) is 36.4 Å². The van der Waals surface area contributed by atoms with Crippen LogP contribution in [-0.2, 0) is 0 Å². The van der Waals surface area contributed by atoms with Gasteiger partial charge in [0.25, 0.3) is 0 Å². The number of hydrogen-bond acceptors (Lipinski definition) is 4. The van der Waals surface area contributed by atoms with Crippen molar-refractivity contribution in [2.24, 2.45) is 0 Å². The molecule has 4 nitrogen and oxygen atoms in total. The Morgan fingerprint density at radius 1 is 0.212 bits per heavy atom. The van der Waals surface area contributed by atoms with Gasteiger partial charge >= 0.3 is 0 Å². The molecule has 0 aliphatic rings. The molecule has 0 atom stereocenters. The number of hydrogen-bond donors (Lipinski definition) is 0. The van der Waals surface area contributed by atoms with Gasteiger partial charge < -0.3 is 17.7 Å². The maximum atomic E-state index is 7.00. The molecule has 0 saturated heterocycles. The van der Waals surface area contributed by atoms with Gasteiger partial charge in [0.05, 0.1) is 0 Å². The van der Waals surface area contributed by atoms with Crippen LogP contribution in [0.25, 0.3) is 154 Å². The first kappa shape index (κ1) is 35.6. The van der Waals surface area contributed by atoms with Crippen LogP contribution in [0.15, 0.2) is 224 Å². The van der Waals surface area contributed by atoms with Crippen LogP contribution >= 0.6 is 0 Å². The summed E-state index contributed by atoms with van der Waals surface area (Å²) in [5, 5.41) is 13.3. The highest BCUT2D eigenvalue weighted by atomic mass is 16.3. The topological polar surface area (TPSA) is 52.6 Å². The van der Waals surface area contributed by atoms with Gasteiger partial charge in [-0.2, -0.15) is 0 Å². The third-order valence-corrected chi connectivity index (χ3v) is 13.9. The minimum atomic E-state index is 0.849. The monoisotopic (exact) mass is 842 g/mol. The summed E-state index contributed by atoms with van der Waals surface area (Å²) in [6.45, 7) is 0. The lowest BCUT2D eigenvalue weighted by Crippen LogP contribution is -1.92. The van der Waals surface area contributed by atoms with Crippen molar-refractivity contribution < 1.29 is 17.7 Å². The van der Waals surface area contributed by atoms with Gasteiger partial charge in [-0.05, 0) is 110 Å². The Balaban J connectivity index is 0.987. The Morgan fingerprint density at radius 3 is 1.06 bits per heavy atom. The molecule has 0 fully saturated rings. The standard InChI is InChI=1S/C62H34O4/c1-3-17-45-43(15-1)57(49-31-30-38(61-60(49)48-20-8-12-24-54(48)65-61)36-26-28-42-40-14-6-10-22-52(40)64-56(42)34-36)44-16-2-4-18-46(44)58(45)50-32-29-37(59-47-19-7-11-23-53(47)66-62(50)59)35-25-27-41-39-13-5-9-21-51(39)63-55(41)33-35/h1-34H. The van der Waals surface area contributed by atoms with Crippen molar-refractivity contribution in [3.05, 3.63) is 206 Å². The molecule has 0 aliphatic heterocycles. The van der Waals surface area contributed by atoms with E-state index in [9.17, 15) is 0 Å². The number of para-hydroxylation sites is 4. The molecule has 0 amide bonds. The Labute approximate surface area is 376 Å². The quantitative estimate of drug-likeness (QED) is 0.166. The highest BCUT2D eigenvalue weighted by Crippen LogP contribution is 2.51. The molecule has 0 bridgehead atoms. The van der Waals surface area contributed by atoms with Crippen molar-refractivity contribution in [2.75, 3.05) is 0 Å². The normalized spacial score (nSPS) is 12.2. The molecule has 4 heteroatoms.